The summed E-state index contributed by atoms with van der Waals surface area (Å²) in [5, 5.41) is 23.0. The molecule has 17 heavy (non-hydrogen) atoms. The van der Waals surface area contributed by atoms with Crippen LogP contribution in [0, 0.1) is 10.1 Å². The number of halogens is 1. The molecule has 2 N–H and O–H groups in total. The Kier molecular flexibility index (Phi) is 5.18. The summed E-state index contributed by atoms with van der Waals surface area (Å²) in [5.74, 6) is 0. The zero-order chi connectivity index (χ0) is 12.8. The Hall–Kier alpha value is -1.33. The third-order valence-corrected chi connectivity index (χ3v) is 2.59. The number of nitro groups is 1. The minimum Gasteiger partial charge on any atom is -0.393 e. The van der Waals surface area contributed by atoms with E-state index in [-0.39, 0.29) is 11.8 Å². The second-order valence-electron chi connectivity index (χ2n) is 3.84. The number of nitrogens with one attached hydrogen (secondary N) is 1. The van der Waals surface area contributed by atoms with Gasteiger partial charge in [0.15, 0.2) is 0 Å². The number of hydrogen-bond acceptors (Lipinski definition) is 4. The summed E-state index contributed by atoms with van der Waals surface area (Å²) in [5.41, 5.74) is 0.646. The molecule has 94 valence electrons. The van der Waals surface area contributed by atoms with E-state index < -0.39 is 4.92 Å². The van der Waals surface area contributed by atoms with Crippen molar-refractivity contribution in [3.05, 3.63) is 33.3 Å². The first kappa shape index (κ1) is 13.7. The molecular weight excluding hydrogens is 244 g/mol. The van der Waals surface area contributed by atoms with Crippen LogP contribution in [-0.2, 0) is 0 Å². The van der Waals surface area contributed by atoms with E-state index in [1.54, 1.807) is 13.0 Å². The van der Waals surface area contributed by atoms with Gasteiger partial charge in [-0.25, -0.2) is 0 Å². The Morgan fingerprint density at radius 2 is 2.29 bits per heavy atom. The molecule has 0 fully saturated rings. The molecule has 1 atom stereocenters. The number of rotatable bonds is 6. The van der Waals surface area contributed by atoms with Gasteiger partial charge >= 0.3 is 0 Å². The first-order valence-corrected chi connectivity index (χ1v) is 5.74. The molecule has 0 bridgehead atoms. The molecule has 5 nitrogen and oxygen atoms in total. The lowest BCUT2D eigenvalue weighted by atomic mass is 10.2. The number of aliphatic hydroxyl groups excluding tert-OH is 1. The molecule has 1 unspecified atom stereocenters. The molecule has 0 heterocycles. The largest absolute Gasteiger partial charge is 0.393 e. The van der Waals surface area contributed by atoms with E-state index in [0.29, 0.717) is 23.7 Å². The van der Waals surface area contributed by atoms with Crippen LogP contribution in [-0.4, -0.2) is 22.7 Å². The van der Waals surface area contributed by atoms with Crippen LogP contribution in [0.2, 0.25) is 5.02 Å². The van der Waals surface area contributed by atoms with Gasteiger partial charge in [0.2, 0.25) is 0 Å². The lowest BCUT2D eigenvalue weighted by molar-refractivity contribution is -0.384. The van der Waals surface area contributed by atoms with Crippen LogP contribution in [0.3, 0.4) is 0 Å². The van der Waals surface area contributed by atoms with E-state index in [1.807, 2.05) is 0 Å². The third kappa shape index (κ3) is 4.58. The lowest BCUT2D eigenvalue weighted by Crippen LogP contribution is -2.06. The second-order valence-corrected chi connectivity index (χ2v) is 4.25. The van der Waals surface area contributed by atoms with Crippen LogP contribution < -0.4 is 5.32 Å². The Morgan fingerprint density at radius 1 is 1.59 bits per heavy atom. The molecule has 0 amide bonds. The SMILES string of the molecule is CC(O)CCCNc1ccc([N+](=O)[O-])cc1Cl. The first-order chi connectivity index (χ1) is 8.00. The number of benzene rings is 1. The highest BCUT2D eigenvalue weighted by Gasteiger charge is 2.08. The van der Waals surface area contributed by atoms with Crippen molar-refractivity contribution in [1.82, 2.24) is 0 Å². The quantitative estimate of drug-likeness (QED) is 0.467. The highest BCUT2D eigenvalue weighted by Crippen LogP contribution is 2.26. The van der Waals surface area contributed by atoms with Crippen molar-refractivity contribution in [2.24, 2.45) is 0 Å². The van der Waals surface area contributed by atoms with Crippen LogP contribution in [0.1, 0.15) is 19.8 Å². The van der Waals surface area contributed by atoms with Crippen molar-refractivity contribution in [3.8, 4) is 0 Å². The van der Waals surface area contributed by atoms with Gasteiger partial charge in [0.1, 0.15) is 0 Å². The number of nitrogens with zero attached hydrogens (tertiary/aromatic N) is 1. The Bertz CT molecular complexity index is 396. The van der Waals surface area contributed by atoms with Gasteiger partial charge in [-0.3, -0.25) is 10.1 Å². The summed E-state index contributed by atoms with van der Waals surface area (Å²) in [6.07, 6.45) is 1.20. The van der Waals surface area contributed by atoms with Crippen molar-refractivity contribution < 1.29 is 10.0 Å². The van der Waals surface area contributed by atoms with E-state index >= 15 is 0 Å². The average Bonchev–Trinajstić information content (AvgIpc) is 2.25. The monoisotopic (exact) mass is 258 g/mol. The van der Waals surface area contributed by atoms with Crippen molar-refractivity contribution in [1.29, 1.82) is 0 Å². The minimum absolute atomic E-state index is 0.0236. The van der Waals surface area contributed by atoms with Gasteiger partial charge in [-0.15, -0.1) is 0 Å². The summed E-state index contributed by atoms with van der Waals surface area (Å²) in [6.45, 7) is 2.40. The first-order valence-electron chi connectivity index (χ1n) is 5.36. The molecule has 0 radical (unpaired) electrons. The van der Waals surface area contributed by atoms with Gasteiger partial charge in [-0.2, -0.15) is 0 Å². The molecule has 0 spiro atoms. The fraction of sp³-hybridized carbons (Fsp3) is 0.455. The van der Waals surface area contributed by atoms with Crippen molar-refractivity contribution >= 4 is 23.0 Å². The Labute approximate surface area is 105 Å². The van der Waals surface area contributed by atoms with E-state index in [9.17, 15) is 10.1 Å². The standard InChI is InChI=1S/C11H15ClN2O3/c1-8(15)3-2-6-13-11-5-4-9(14(16)17)7-10(11)12/h4-5,7-8,13,15H,2-3,6H2,1H3. The van der Waals surface area contributed by atoms with E-state index in [2.05, 4.69) is 5.32 Å². The zero-order valence-corrected chi connectivity index (χ0v) is 10.3. The van der Waals surface area contributed by atoms with Gasteiger partial charge in [0, 0.05) is 18.7 Å². The summed E-state index contributed by atoms with van der Waals surface area (Å²) in [4.78, 5) is 10.0. The zero-order valence-electron chi connectivity index (χ0n) is 9.52. The highest BCUT2D eigenvalue weighted by molar-refractivity contribution is 6.33. The van der Waals surface area contributed by atoms with Crippen LogP contribution in [0.15, 0.2) is 18.2 Å². The van der Waals surface area contributed by atoms with E-state index in [4.69, 9.17) is 16.7 Å². The van der Waals surface area contributed by atoms with Gasteiger partial charge < -0.3 is 10.4 Å². The third-order valence-electron chi connectivity index (χ3n) is 2.28. The molecular formula is C11H15ClN2O3. The van der Waals surface area contributed by atoms with Crippen LogP contribution >= 0.6 is 11.6 Å². The van der Waals surface area contributed by atoms with Crippen molar-refractivity contribution in [2.45, 2.75) is 25.9 Å². The Balaban J connectivity index is 2.52. The number of aliphatic hydroxyl groups is 1. The van der Waals surface area contributed by atoms with Crippen molar-refractivity contribution in [3.63, 3.8) is 0 Å². The summed E-state index contributed by atoms with van der Waals surface area (Å²) in [7, 11) is 0. The molecule has 1 aromatic rings. The molecule has 0 aliphatic heterocycles. The predicted molar refractivity (Wildman–Crippen MR) is 67.5 cm³/mol. The topological polar surface area (TPSA) is 75.4 Å². The average molecular weight is 259 g/mol. The lowest BCUT2D eigenvalue weighted by Gasteiger charge is -2.08. The summed E-state index contributed by atoms with van der Waals surface area (Å²) < 4.78 is 0. The summed E-state index contributed by atoms with van der Waals surface area (Å²) in [6, 6.07) is 4.31. The predicted octanol–water partition coefficient (Wildman–Crippen LogP) is 2.82. The van der Waals surface area contributed by atoms with Gasteiger partial charge in [0.05, 0.1) is 21.7 Å². The van der Waals surface area contributed by atoms with E-state index in [0.717, 1.165) is 6.42 Å². The normalized spacial score (nSPS) is 12.2. The number of anilines is 1. The van der Waals surface area contributed by atoms with Crippen LogP contribution in [0.5, 0.6) is 0 Å². The Morgan fingerprint density at radius 3 is 2.82 bits per heavy atom. The number of non-ortho nitro benzene ring substituents is 1. The van der Waals surface area contributed by atoms with Gasteiger partial charge in [-0.05, 0) is 25.8 Å². The molecule has 6 heteroatoms. The molecule has 0 saturated heterocycles. The minimum atomic E-state index is -0.483. The maximum atomic E-state index is 10.5. The smallest absolute Gasteiger partial charge is 0.271 e. The molecule has 1 aromatic carbocycles. The molecule has 1 rings (SSSR count). The molecule has 0 saturated carbocycles. The fourth-order valence-electron chi connectivity index (χ4n) is 1.38. The molecule has 0 aromatic heterocycles. The molecule has 0 aliphatic carbocycles. The van der Waals surface area contributed by atoms with Gasteiger partial charge in [-0.1, -0.05) is 11.6 Å². The van der Waals surface area contributed by atoms with Crippen LogP contribution in [0.25, 0.3) is 0 Å². The van der Waals surface area contributed by atoms with E-state index in [1.165, 1.54) is 12.1 Å². The van der Waals surface area contributed by atoms with Gasteiger partial charge in [0.25, 0.3) is 5.69 Å². The van der Waals surface area contributed by atoms with Crippen molar-refractivity contribution in [2.75, 3.05) is 11.9 Å². The summed E-state index contributed by atoms with van der Waals surface area (Å²) >= 11 is 5.90. The highest BCUT2D eigenvalue weighted by atomic mass is 35.5. The molecule has 0 aliphatic rings. The van der Waals surface area contributed by atoms with Crippen LogP contribution in [0.4, 0.5) is 11.4 Å². The number of hydrogen-bond donors (Lipinski definition) is 2. The number of nitro benzene ring substituents is 1. The fourth-order valence-corrected chi connectivity index (χ4v) is 1.62. The maximum Gasteiger partial charge on any atom is 0.271 e. The second kappa shape index (κ2) is 6.42. The maximum absolute atomic E-state index is 10.5.